The van der Waals surface area contributed by atoms with Gasteiger partial charge in [-0.1, -0.05) is 11.8 Å². The van der Waals surface area contributed by atoms with Crippen molar-refractivity contribution in [3.8, 4) is 0 Å². The van der Waals surface area contributed by atoms with E-state index in [2.05, 4.69) is 17.2 Å². The number of hydrogen-bond acceptors (Lipinski definition) is 3. The molecule has 1 aliphatic rings. The van der Waals surface area contributed by atoms with Gasteiger partial charge in [-0.3, -0.25) is 9.79 Å². The van der Waals surface area contributed by atoms with Crippen molar-refractivity contribution >= 4 is 22.8 Å². The third kappa shape index (κ3) is 3.13. The SMILES string of the molecule is CC1CCSC(=NCC(N)=O)N1. The summed E-state index contributed by atoms with van der Waals surface area (Å²) < 4.78 is 0. The Bertz CT molecular complexity index is 205. The Balaban J connectivity index is 2.39. The molecule has 0 aliphatic carbocycles. The fourth-order valence-electron chi connectivity index (χ4n) is 0.898. The van der Waals surface area contributed by atoms with Crippen molar-refractivity contribution in [2.45, 2.75) is 19.4 Å². The lowest BCUT2D eigenvalue weighted by atomic mass is 10.3. The molecular formula is C7H13N3OS. The monoisotopic (exact) mass is 187 g/mol. The molecular weight excluding hydrogens is 174 g/mol. The van der Waals surface area contributed by atoms with Crippen LogP contribution in [0.3, 0.4) is 0 Å². The fraction of sp³-hybridized carbons (Fsp3) is 0.714. The number of hydrogen-bond donors (Lipinski definition) is 2. The van der Waals surface area contributed by atoms with E-state index in [1.165, 1.54) is 0 Å². The summed E-state index contributed by atoms with van der Waals surface area (Å²) in [6.45, 7) is 2.18. The number of nitrogens with zero attached hydrogens (tertiary/aromatic N) is 1. The van der Waals surface area contributed by atoms with Gasteiger partial charge in [0.2, 0.25) is 5.91 Å². The van der Waals surface area contributed by atoms with E-state index in [0.717, 1.165) is 17.3 Å². The van der Waals surface area contributed by atoms with Crippen LogP contribution in [0.25, 0.3) is 0 Å². The van der Waals surface area contributed by atoms with Crippen molar-refractivity contribution < 1.29 is 4.79 Å². The van der Waals surface area contributed by atoms with Crippen molar-refractivity contribution in [1.29, 1.82) is 0 Å². The van der Waals surface area contributed by atoms with E-state index < -0.39 is 0 Å². The molecule has 0 aromatic carbocycles. The first-order valence-corrected chi connectivity index (χ1v) is 4.89. The average molecular weight is 187 g/mol. The molecule has 1 atom stereocenters. The molecule has 0 aromatic heterocycles. The molecule has 4 nitrogen and oxygen atoms in total. The van der Waals surface area contributed by atoms with E-state index in [9.17, 15) is 4.79 Å². The Morgan fingerprint density at radius 2 is 2.67 bits per heavy atom. The summed E-state index contributed by atoms with van der Waals surface area (Å²) in [5, 5.41) is 4.02. The van der Waals surface area contributed by atoms with Gasteiger partial charge in [0.25, 0.3) is 0 Å². The minimum absolute atomic E-state index is 0.0854. The number of rotatable bonds is 2. The molecule has 1 heterocycles. The van der Waals surface area contributed by atoms with Crippen LogP contribution >= 0.6 is 11.8 Å². The second-order valence-corrected chi connectivity index (χ2v) is 3.85. The van der Waals surface area contributed by atoms with E-state index in [1.807, 2.05) is 0 Å². The Morgan fingerprint density at radius 3 is 3.25 bits per heavy atom. The minimum Gasteiger partial charge on any atom is -0.368 e. The van der Waals surface area contributed by atoms with E-state index in [1.54, 1.807) is 11.8 Å². The molecule has 5 heteroatoms. The zero-order chi connectivity index (χ0) is 8.97. The predicted molar refractivity (Wildman–Crippen MR) is 51.2 cm³/mol. The highest BCUT2D eigenvalue weighted by Crippen LogP contribution is 2.12. The topological polar surface area (TPSA) is 67.5 Å². The van der Waals surface area contributed by atoms with Crippen LogP contribution < -0.4 is 11.1 Å². The summed E-state index contributed by atoms with van der Waals surface area (Å²) in [6, 6.07) is 0.456. The maximum absolute atomic E-state index is 10.4. The molecule has 1 amide bonds. The number of aliphatic imine (C=N–C) groups is 1. The smallest absolute Gasteiger partial charge is 0.239 e. The summed E-state index contributed by atoms with van der Waals surface area (Å²) >= 11 is 1.64. The first-order valence-electron chi connectivity index (χ1n) is 3.90. The van der Waals surface area contributed by atoms with Gasteiger partial charge in [0.15, 0.2) is 5.17 Å². The third-order valence-electron chi connectivity index (χ3n) is 1.54. The van der Waals surface area contributed by atoms with Gasteiger partial charge >= 0.3 is 0 Å². The number of primary amides is 1. The van der Waals surface area contributed by atoms with Crippen molar-refractivity contribution in [2.24, 2.45) is 10.7 Å². The van der Waals surface area contributed by atoms with Gasteiger partial charge in [-0.2, -0.15) is 0 Å². The van der Waals surface area contributed by atoms with E-state index in [0.29, 0.717) is 6.04 Å². The maximum Gasteiger partial charge on any atom is 0.239 e. The lowest BCUT2D eigenvalue weighted by Crippen LogP contribution is -2.36. The maximum atomic E-state index is 10.4. The van der Waals surface area contributed by atoms with Crippen LogP contribution in [0.1, 0.15) is 13.3 Å². The van der Waals surface area contributed by atoms with Gasteiger partial charge in [0, 0.05) is 11.8 Å². The van der Waals surface area contributed by atoms with Crippen LogP contribution in [0, 0.1) is 0 Å². The molecule has 1 aliphatic heterocycles. The van der Waals surface area contributed by atoms with Gasteiger partial charge in [-0.25, -0.2) is 0 Å². The highest BCUT2D eigenvalue weighted by atomic mass is 32.2. The number of nitrogens with one attached hydrogen (secondary N) is 1. The van der Waals surface area contributed by atoms with Crippen molar-refractivity contribution in [3.63, 3.8) is 0 Å². The molecule has 68 valence electrons. The van der Waals surface area contributed by atoms with Crippen LogP contribution in [0.15, 0.2) is 4.99 Å². The molecule has 0 aromatic rings. The number of amidine groups is 1. The molecule has 0 spiro atoms. The highest BCUT2D eigenvalue weighted by molar-refractivity contribution is 8.13. The lowest BCUT2D eigenvalue weighted by molar-refractivity contribution is -0.116. The molecule has 0 radical (unpaired) electrons. The molecule has 12 heavy (non-hydrogen) atoms. The Labute approximate surface area is 76.0 Å². The number of thioether (sulfide) groups is 1. The molecule has 1 rings (SSSR count). The fourth-order valence-corrected chi connectivity index (χ4v) is 2.00. The average Bonchev–Trinajstić information content (AvgIpc) is 2.01. The number of carbonyl (C=O) groups is 1. The third-order valence-corrected chi connectivity index (χ3v) is 2.50. The van der Waals surface area contributed by atoms with Gasteiger partial charge in [0.05, 0.1) is 0 Å². The van der Waals surface area contributed by atoms with Crippen LogP contribution in [-0.4, -0.2) is 29.4 Å². The Hall–Kier alpha value is -0.710. The number of nitrogens with two attached hydrogens (primary N) is 1. The van der Waals surface area contributed by atoms with Crippen molar-refractivity contribution in [1.82, 2.24) is 5.32 Å². The second-order valence-electron chi connectivity index (χ2n) is 2.77. The van der Waals surface area contributed by atoms with Gasteiger partial charge in [-0.05, 0) is 13.3 Å². The summed E-state index contributed by atoms with van der Waals surface area (Å²) in [4.78, 5) is 14.4. The molecule has 1 saturated heterocycles. The summed E-state index contributed by atoms with van der Waals surface area (Å²) in [6.07, 6.45) is 1.14. The number of carbonyl (C=O) groups excluding carboxylic acids is 1. The van der Waals surface area contributed by atoms with Gasteiger partial charge in [-0.15, -0.1) is 0 Å². The largest absolute Gasteiger partial charge is 0.368 e. The molecule has 1 unspecified atom stereocenters. The van der Waals surface area contributed by atoms with Gasteiger partial charge < -0.3 is 11.1 Å². The van der Waals surface area contributed by atoms with Crippen molar-refractivity contribution in [2.75, 3.05) is 12.3 Å². The lowest BCUT2D eigenvalue weighted by Gasteiger charge is -2.21. The second kappa shape index (κ2) is 4.35. The standard InChI is InChI=1S/C7H13N3OS/c1-5-2-3-12-7(10-5)9-4-6(8)11/h5H,2-4H2,1H3,(H2,8,11)(H,9,10). The molecule has 0 bridgehead atoms. The summed E-state index contributed by atoms with van der Waals surface area (Å²) in [5.74, 6) is 0.675. The summed E-state index contributed by atoms with van der Waals surface area (Å²) in [7, 11) is 0. The Kier molecular flexibility index (Phi) is 3.40. The van der Waals surface area contributed by atoms with E-state index in [4.69, 9.17) is 5.73 Å². The Morgan fingerprint density at radius 1 is 1.92 bits per heavy atom. The number of amides is 1. The summed E-state index contributed by atoms with van der Waals surface area (Å²) in [5.41, 5.74) is 4.96. The zero-order valence-electron chi connectivity index (χ0n) is 7.04. The van der Waals surface area contributed by atoms with Crippen LogP contribution in [0.4, 0.5) is 0 Å². The molecule has 3 N–H and O–H groups in total. The van der Waals surface area contributed by atoms with Crippen LogP contribution in [-0.2, 0) is 4.79 Å². The van der Waals surface area contributed by atoms with Crippen LogP contribution in [0.2, 0.25) is 0 Å². The molecule has 1 fully saturated rings. The first-order chi connectivity index (χ1) is 5.68. The predicted octanol–water partition coefficient (Wildman–Crippen LogP) is -0.0573. The highest BCUT2D eigenvalue weighted by Gasteiger charge is 2.12. The van der Waals surface area contributed by atoms with E-state index >= 15 is 0 Å². The van der Waals surface area contributed by atoms with Gasteiger partial charge in [0.1, 0.15) is 6.54 Å². The van der Waals surface area contributed by atoms with Crippen LogP contribution in [0.5, 0.6) is 0 Å². The van der Waals surface area contributed by atoms with E-state index in [-0.39, 0.29) is 12.5 Å². The first kappa shape index (κ1) is 9.38. The minimum atomic E-state index is -0.386. The normalized spacial score (nSPS) is 26.8. The van der Waals surface area contributed by atoms with Crippen molar-refractivity contribution in [3.05, 3.63) is 0 Å². The quantitative estimate of drug-likeness (QED) is 0.636. The molecule has 0 saturated carbocycles. The zero-order valence-corrected chi connectivity index (χ0v) is 7.86.